The number of nitriles is 1. The number of aromatic nitrogens is 6. The van der Waals surface area contributed by atoms with Crippen LogP contribution in [-0.4, -0.2) is 41.3 Å². The van der Waals surface area contributed by atoms with Gasteiger partial charge in [-0.05, 0) is 43.7 Å². The molecule has 0 aliphatic heterocycles. The molecule has 0 unspecified atom stereocenters. The van der Waals surface area contributed by atoms with Crippen LogP contribution in [0.4, 0.5) is 0 Å². The van der Waals surface area contributed by atoms with Crippen molar-refractivity contribution in [2.24, 2.45) is 14.1 Å². The maximum absolute atomic E-state index is 10.4. The lowest BCUT2D eigenvalue weighted by Gasteiger charge is -2.07. The number of hydrogen-bond donors (Lipinski definition) is 1. The number of aryl methyl sites for hydroxylation is 2. The van der Waals surface area contributed by atoms with Gasteiger partial charge in [0.05, 0.1) is 64.9 Å². The van der Waals surface area contributed by atoms with Gasteiger partial charge in [0.15, 0.2) is 0 Å². The summed E-state index contributed by atoms with van der Waals surface area (Å²) in [5.74, 6) is 0.680. The molecule has 0 spiro atoms. The monoisotopic (exact) mass is 554 g/mol. The van der Waals surface area contributed by atoms with E-state index in [1.165, 1.54) is 0 Å². The molecular weight excluding hydrogens is 528 g/mol. The van der Waals surface area contributed by atoms with E-state index in [2.05, 4.69) is 20.9 Å². The highest BCUT2D eigenvalue weighted by Crippen LogP contribution is 2.24. The first-order valence-electron chi connectivity index (χ1n) is 13.2. The zero-order valence-corrected chi connectivity index (χ0v) is 23.8. The van der Waals surface area contributed by atoms with Gasteiger partial charge < -0.3 is 19.0 Å². The van der Waals surface area contributed by atoms with E-state index < -0.39 is 0 Å². The van der Waals surface area contributed by atoms with Crippen LogP contribution in [0.25, 0.3) is 49.0 Å². The second kappa shape index (κ2) is 10.1. The van der Waals surface area contributed by atoms with Crippen LogP contribution in [0.1, 0.15) is 28.3 Å². The van der Waals surface area contributed by atoms with Crippen molar-refractivity contribution in [3.8, 4) is 11.8 Å². The summed E-state index contributed by atoms with van der Waals surface area (Å²) >= 11 is 0. The number of hydrogen-bond acceptors (Lipinski definition) is 7. The summed E-state index contributed by atoms with van der Waals surface area (Å²) in [6.45, 7) is 12.0. The van der Waals surface area contributed by atoms with Gasteiger partial charge in [-0.25, -0.2) is 9.83 Å². The molecule has 0 saturated heterocycles. The van der Waals surface area contributed by atoms with Crippen LogP contribution in [-0.2, 0) is 20.7 Å². The van der Waals surface area contributed by atoms with Crippen LogP contribution in [0.5, 0.6) is 5.75 Å². The molecule has 1 N–H and O–H groups in total. The van der Waals surface area contributed by atoms with Crippen LogP contribution in [0.3, 0.4) is 0 Å². The molecule has 2 aromatic carbocycles. The summed E-state index contributed by atoms with van der Waals surface area (Å²) in [4.78, 5) is 22.6. The fourth-order valence-corrected chi connectivity index (χ4v) is 5.49. The minimum atomic E-state index is -0.0870. The number of aliphatic hydroxyl groups is 1. The molecule has 0 aliphatic carbocycles. The van der Waals surface area contributed by atoms with E-state index >= 15 is 0 Å². The van der Waals surface area contributed by atoms with Crippen molar-refractivity contribution in [1.82, 2.24) is 29.1 Å². The Morgan fingerprint density at radius 2 is 1.50 bits per heavy atom. The van der Waals surface area contributed by atoms with Gasteiger partial charge in [-0.15, -0.1) is 0 Å². The molecule has 0 radical (unpaired) electrons. The Kier molecular flexibility index (Phi) is 6.41. The van der Waals surface area contributed by atoms with Crippen LogP contribution in [0.15, 0.2) is 48.8 Å². The van der Waals surface area contributed by atoms with E-state index in [0.29, 0.717) is 61.2 Å². The van der Waals surface area contributed by atoms with E-state index in [1.54, 1.807) is 43.8 Å². The number of benzene rings is 2. The SMILES string of the molecule is [C-]#[N+]/C(c1cnc2cc(CO)ccc2n1)=c1\c2c(C)n(C)/c(=C(/C#N)c3cnc4cc(OC)ccc4n3)c2c(C)n1C. The molecule has 0 amide bonds. The first-order chi connectivity index (χ1) is 20.3. The standard InChI is InChI=1S/C32H26N8O2/c1-17-28-29(32(40(17)5)30(34-3)27-15-36-24-11-19(16-41)7-9-22(24)38-27)18(2)39(4)31(28)21(13-33)26-14-35-25-12-20(42-6)8-10-23(25)37-26/h7-12,14-15,41H,16H2,1-2,4-6H3/b31-21-,32-30+. The van der Waals surface area contributed by atoms with Crippen LogP contribution >= 0.6 is 0 Å². The van der Waals surface area contributed by atoms with Gasteiger partial charge in [-0.2, -0.15) is 5.26 Å². The minimum absolute atomic E-state index is 0.0870. The summed E-state index contributed by atoms with van der Waals surface area (Å²) in [7, 11) is 5.42. The van der Waals surface area contributed by atoms with Crippen molar-refractivity contribution >= 4 is 44.1 Å². The van der Waals surface area contributed by atoms with Crippen molar-refractivity contribution in [2.45, 2.75) is 20.5 Å². The maximum atomic E-state index is 10.4. The van der Waals surface area contributed by atoms with Gasteiger partial charge >= 0.3 is 0 Å². The quantitative estimate of drug-likeness (QED) is 0.332. The number of nitrogens with zero attached hydrogens (tertiary/aromatic N) is 8. The van der Waals surface area contributed by atoms with E-state index in [0.717, 1.165) is 27.7 Å². The highest BCUT2D eigenvalue weighted by molar-refractivity contribution is 5.96. The number of methoxy groups -OCH3 is 1. The van der Waals surface area contributed by atoms with Crippen LogP contribution < -0.4 is 15.4 Å². The molecule has 0 bridgehead atoms. The average Bonchev–Trinajstić information content (AvgIpc) is 3.42. The largest absolute Gasteiger partial charge is 0.497 e. The Labute approximate surface area is 240 Å². The van der Waals surface area contributed by atoms with Crippen molar-refractivity contribution in [2.75, 3.05) is 7.11 Å². The third-order valence-corrected chi connectivity index (χ3v) is 7.85. The first kappa shape index (κ1) is 26.6. The molecule has 4 aromatic heterocycles. The summed E-state index contributed by atoms with van der Waals surface area (Å²) in [6.07, 6.45) is 3.20. The molecule has 0 aliphatic rings. The second-order valence-electron chi connectivity index (χ2n) is 10.0. The molecule has 0 fully saturated rings. The van der Waals surface area contributed by atoms with E-state index in [4.69, 9.17) is 21.3 Å². The van der Waals surface area contributed by atoms with Gasteiger partial charge in [-0.3, -0.25) is 15.0 Å². The molecule has 4 heterocycles. The number of fused-ring (bicyclic) bond motifs is 3. The maximum Gasteiger partial charge on any atom is 0.237 e. The molecule has 206 valence electrons. The first-order valence-corrected chi connectivity index (χ1v) is 13.2. The molecule has 0 saturated carbocycles. The molecule has 6 aromatic rings. The van der Waals surface area contributed by atoms with E-state index in [9.17, 15) is 10.4 Å². The van der Waals surface area contributed by atoms with Crippen LogP contribution in [0.2, 0.25) is 0 Å². The van der Waals surface area contributed by atoms with Gasteiger partial charge in [0.1, 0.15) is 23.1 Å². The Morgan fingerprint density at radius 3 is 2.14 bits per heavy atom. The molecule has 10 heteroatoms. The average molecular weight is 555 g/mol. The van der Waals surface area contributed by atoms with Gasteiger partial charge in [0, 0.05) is 48.5 Å². The number of rotatable bonds is 4. The lowest BCUT2D eigenvalue weighted by Crippen LogP contribution is -2.22. The second-order valence-corrected chi connectivity index (χ2v) is 10.0. The molecule has 42 heavy (non-hydrogen) atoms. The minimum Gasteiger partial charge on any atom is -0.497 e. The fraction of sp³-hybridized carbons (Fsp3) is 0.188. The summed E-state index contributed by atoms with van der Waals surface area (Å²) in [5.41, 5.74) is 6.77. The number of ether oxygens (including phenoxy) is 1. The highest BCUT2D eigenvalue weighted by atomic mass is 16.5. The van der Waals surface area contributed by atoms with Gasteiger partial charge in [0.2, 0.25) is 5.70 Å². The zero-order chi connectivity index (χ0) is 29.7. The Morgan fingerprint density at radius 1 is 0.905 bits per heavy atom. The lowest BCUT2D eigenvalue weighted by atomic mass is 10.1. The third-order valence-electron chi connectivity index (χ3n) is 7.85. The normalized spacial score (nSPS) is 12.9. The molecular formula is C32H26N8O2. The summed E-state index contributed by atoms with van der Waals surface area (Å²) in [5, 5.41) is 23.0. The van der Waals surface area contributed by atoms with Crippen molar-refractivity contribution in [3.63, 3.8) is 0 Å². The van der Waals surface area contributed by atoms with Crippen molar-refractivity contribution in [3.05, 3.63) is 99.2 Å². The fourth-order valence-electron chi connectivity index (χ4n) is 5.49. The third kappa shape index (κ3) is 3.97. The molecule has 0 atom stereocenters. The van der Waals surface area contributed by atoms with E-state index in [-0.39, 0.29) is 6.61 Å². The van der Waals surface area contributed by atoms with Gasteiger partial charge in [-0.1, -0.05) is 6.07 Å². The summed E-state index contributed by atoms with van der Waals surface area (Å²) in [6, 6.07) is 13.2. The Balaban J connectivity index is 1.68. The Hall–Kier alpha value is -5.58. The van der Waals surface area contributed by atoms with Gasteiger partial charge in [0.25, 0.3) is 0 Å². The van der Waals surface area contributed by atoms with Crippen LogP contribution in [0, 0.1) is 31.8 Å². The predicted molar refractivity (Wildman–Crippen MR) is 159 cm³/mol. The van der Waals surface area contributed by atoms with Crippen molar-refractivity contribution < 1.29 is 9.84 Å². The molecule has 6 rings (SSSR count). The molecule has 10 nitrogen and oxygen atoms in total. The van der Waals surface area contributed by atoms with E-state index in [1.807, 2.05) is 49.2 Å². The lowest BCUT2D eigenvalue weighted by molar-refractivity contribution is 0.282. The van der Waals surface area contributed by atoms with Crippen molar-refractivity contribution in [1.29, 1.82) is 5.26 Å². The topological polar surface area (TPSA) is 119 Å². The highest BCUT2D eigenvalue weighted by Gasteiger charge is 2.22. The predicted octanol–water partition coefficient (Wildman–Crippen LogP) is 3.32. The zero-order valence-electron chi connectivity index (χ0n) is 23.8. The summed E-state index contributed by atoms with van der Waals surface area (Å²) < 4.78 is 9.25. The number of aliphatic hydroxyl groups excluding tert-OH is 1. The smallest absolute Gasteiger partial charge is 0.237 e. The Bertz CT molecular complexity index is 2130.